The highest BCUT2D eigenvalue weighted by Crippen LogP contribution is 2.43. The first kappa shape index (κ1) is 15.5. The summed E-state index contributed by atoms with van der Waals surface area (Å²) < 4.78 is 0. The van der Waals surface area contributed by atoms with Crippen LogP contribution in [0.1, 0.15) is 49.2 Å². The van der Waals surface area contributed by atoms with Gasteiger partial charge >= 0.3 is 0 Å². The van der Waals surface area contributed by atoms with Crippen LogP contribution in [0.4, 0.5) is 0 Å². The molecule has 1 aliphatic rings. The average molecular weight is 306 g/mol. The van der Waals surface area contributed by atoms with E-state index in [1.54, 1.807) is 30.6 Å². The number of hydrogen-bond acceptors (Lipinski definition) is 3. The minimum atomic E-state index is -0.161. The molecule has 0 fully saturated rings. The first-order valence-corrected chi connectivity index (χ1v) is 7.87. The molecule has 1 N–H and O–H groups in total. The fourth-order valence-electron chi connectivity index (χ4n) is 3.00. The summed E-state index contributed by atoms with van der Waals surface area (Å²) in [7, 11) is 0. The first-order chi connectivity index (χ1) is 10.8. The van der Waals surface area contributed by atoms with Crippen LogP contribution in [0.3, 0.4) is 0 Å². The fraction of sp³-hybridized carbons (Fsp3) is 0.300. The highest BCUT2D eigenvalue weighted by atomic mass is 16.1. The number of nitrogens with one attached hydrogen (secondary N) is 1. The molecule has 0 saturated heterocycles. The Labute approximate surface area is 137 Å². The van der Waals surface area contributed by atoms with Crippen LogP contribution in [0, 0.1) is 0 Å². The standard InChI is InChI=1S/C20H22N2O/c1-19(2)16-8-6-5-7-15(16)17(22-20(19,3)4)13-18(23)14-9-11-21-12-10-14/h5-13,22H,1-4H3/b17-13-. The topological polar surface area (TPSA) is 42.0 Å². The van der Waals surface area contributed by atoms with Crippen molar-refractivity contribution in [1.29, 1.82) is 0 Å². The Morgan fingerprint density at radius 1 is 1.04 bits per heavy atom. The third-order valence-corrected chi connectivity index (χ3v) is 5.14. The average Bonchev–Trinajstić information content (AvgIpc) is 2.53. The van der Waals surface area contributed by atoms with Crippen LogP contribution >= 0.6 is 0 Å². The number of ketones is 1. The molecule has 0 spiro atoms. The van der Waals surface area contributed by atoms with E-state index in [1.807, 2.05) is 6.07 Å². The largest absolute Gasteiger partial charge is 0.379 e. The van der Waals surface area contributed by atoms with Gasteiger partial charge in [-0.15, -0.1) is 0 Å². The molecule has 1 aromatic heterocycles. The number of rotatable bonds is 2. The Morgan fingerprint density at radius 3 is 2.39 bits per heavy atom. The highest BCUT2D eigenvalue weighted by molar-refractivity contribution is 6.08. The van der Waals surface area contributed by atoms with Crippen LogP contribution in [0.25, 0.3) is 5.70 Å². The molecular weight excluding hydrogens is 284 g/mol. The third kappa shape index (κ3) is 2.56. The van der Waals surface area contributed by atoms with Gasteiger partial charge in [0.05, 0.1) is 0 Å². The smallest absolute Gasteiger partial charge is 0.188 e. The molecule has 3 nitrogen and oxygen atoms in total. The molecule has 0 radical (unpaired) electrons. The summed E-state index contributed by atoms with van der Waals surface area (Å²) in [6.45, 7) is 8.82. The molecule has 1 aliphatic heterocycles. The van der Waals surface area contributed by atoms with Crippen molar-refractivity contribution < 1.29 is 4.79 Å². The number of aromatic nitrogens is 1. The quantitative estimate of drug-likeness (QED) is 0.674. The van der Waals surface area contributed by atoms with Gasteiger partial charge in [0, 0.05) is 46.2 Å². The van der Waals surface area contributed by atoms with Crippen molar-refractivity contribution in [3.63, 3.8) is 0 Å². The van der Waals surface area contributed by atoms with Crippen LogP contribution in [0.15, 0.2) is 54.9 Å². The summed E-state index contributed by atoms with van der Waals surface area (Å²) in [4.78, 5) is 16.5. The van der Waals surface area contributed by atoms with E-state index < -0.39 is 0 Å². The predicted molar refractivity (Wildman–Crippen MR) is 93.2 cm³/mol. The van der Waals surface area contributed by atoms with E-state index in [9.17, 15) is 4.79 Å². The van der Waals surface area contributed by atoms with Crippen LogP contribution in [-0.2, 0) is 5.41 Å². The molecule has 0 aliphatic carbocycles. The van der Waals surface area contributed by atoms with Gasteiger partial charge in [-0.2, -0.15) is 0 Å². The molecule has 0 atom stereocenters. The summed E-state index contributed by atoms with van der Waals surface area (Å²) in [5, 5.41) is 3.56. The van der Waals surface area contributed by atoms with Crippen molar-refractivity contribution in [2.75, 3.05) is 0 Å². The van der Waals surface area contributed by atoms with Crippen LogP contribution < -0.4 is 5.32 Å². The van der Waals surface area contributed by atoms with Gasteiger partial charge in [0.1, 0.15) is 0 Å². The number of carbonyl (C=O) groups excluding carboxylic acids is 1. The summed E-state index contributed by atoms with van der Waals surface area (Å²) in [5.74, 6) is -0.0137. The number of nitrogens with zero attached hydrogens (tertiary/aromatic N) is 1. The summed E-state index contributed by atoms with van der Waals surface area (Å²) in [6.07, 6.45) is 4.98. The Hall–Kier alpha value is -2.42. The lowest BCUT2D eigenvalue weighted by molar-refractivity contribution is 0.104. The van der Waals surface area contributed by atoms with Gasteiger partial charge in [0.15, 0.2) is 5.78 Å². The lowest BCUT2D eigenvalue weighted by Gasteiger charge is -2.49. The van der Waals surface area contributed by atoms with Crippen LogP contribution in [0.5, 0.6) is 0 Å². The normalized spacial score (nSPS) is 19.7. The molecule has 23 heavy (non-hydrogen) atoms. The van der Waals surface area contributed by atoms with Gasteiger partial charge in [-0.1, -0.05) is 38.1 Å². The lowest BCUT2D eigenvalue weighted by Crippen LogP contribution is -2.56. The Bertz CT molecular complexity index is 773. The zero-order valence-electron chi connectivity index (χ0n) is 14.1. The van der Waals surface area contributed by atoms with Crippen LogP contribution in [-0.4, -0.2) is 16.3 Å². The number of hydrogen-bond donors (Lipinski definition) is 1. The van der Waals surface area contributed by atoms with Crippen molar-refractivity contribution in [2.45, 2.75) is 38.6 Å². The Kier molecular flexibility index (Phi) is 3.59. The van der Waals surface area contributed by atoms with Gasteiger partial charge in [-0.3, -0.25) is 9.78 Å². The number of benzene rings is 1. The maximum absolute atomic E-state index is 12.6. The highest BCUT2D eigenvalue weighted by Gasteiger charge is 2.44. The molecule has 3 heteroatoms. The Balaban J connectivity index is 2.10. The zero-order valence-corrected chi connectivity index (χ0v) is 14.1. The minimum absolute atomic E-state index is 0.0137. The summed E-state index contributed by atoms with van der Waals surface area (Å²) >= 11 is 0. The second-order valence-corrected chi connectivity index (χ2v) is 7.08. The number of pyridine rings is 1. The van der Waals surface area contributed by atoms with E-state index in [2.05, 4.69) is 56.2 Å². The number of allylic oxidation sites excluding steroid dienone is 1. The predicted octanol–water partition coefficient (Wildman–Crippen LogP) is 3.96. The molecule has 2 aromatic rings. The van der Waals surface area contributed by atoms with E-state index >= 15 is 0 Å². The summed E-state index contributed by atoms with van der Waals surface area (Å²) in [5.41, 5.74) is 3.68. The number of fused-ring (bicyclic) bond motifs is 1. The summed E-state index contributed by atoms with van der Waals surface area (Å²) in [6, 6.07) is 11.8. The first-order valence-electron chi connectivity index (χ1n) is 7.87. The van der Waals surface area contributed by atoms with Gasteiger partial charge in [-0.25, -0.2) is 0 Å². The van der Waals surface area contributed by atoms with Crippen molar-refractivity contribution in [1.82, 2.24) is 10.3 Å². The molecule has 118 valence electrons. The van der Waals surface area contributed by atoms with Gasteiger partial charge in [-0.05, 0) is 31.5 Å². The lowest BCUT2D eigenvalue weighted by atomic mass is 9.65. The van der Waals surface area contributed by atoms with Crippen molar-refractivity contribution >= 4 is 11.5 Å². The molecule has 0 saturated carbocycles. The molecule has 1 aromatic carbocycles. The SMILES string of the molecule is CC1(C)N/C(=C\C(=O)c2ccncc2)c2ccccc2C1(C)C. The molecule has 0 amide bonds. The van der Waals surface area contributed by atoms with Crippen molar-refractivity contribution in [2.24, 2.45) is 0 Å². The van der Waals surface area contributed by atoms with E-state index in [4.69, 9.17) is 0 Å². The molecule has 2 heterocycles. The Morgan fingerprint density at radius 2 is 1.70 bits per heavy atom. The maximum atomic E-state index is 12.6. The maximum Gasteiger partial charge on any atom is 0.188 e. The van der Waals surface area contributed by atoms with Gasteiger partial charge < -0.3 is 5.32 Å². The zero-order chi connectivity index (χ0) is 16.7. The van der Waals surface area contributed by atoms with E-state index in [0.29, 0.717) is 5.56 Å². The van der Waals surface area contributed by atoms with E-state index in [0.717, 1.165) is 11.3 Å². The van der Waals surface area contributed by atoms with Crippen LogP contribution in [0.2, 0.25) is 0 Å². The fourth-order valence-corrected chi connectivity index (χ4v) is 3.00. The third-order valence-electron chi connectivity index (χ3n) is 5.14. The van der Waals surface area contributed by atoms with E-state index in [1.165, 1.54) is 5.56 Å². The number of carbonyl (C=O) groups is 1. The second kappa shape index (κ2) is 5.34. The molecular formula is C20H22N2O. The van der Waals surface area contributed by atoms with Crippen molar-refractivity contribution in [3.8, 4) is 0 Å². The molecule has 3 rings (SSSR count). The molecule has 0 bridgehead atoms. The van der Waals surface area contributed by atoms with E-state index in [-0.39, 0.29) is 16.7 Å². The van der Waals surface area contributed by atoms with Gasteiger partial charge in [0.25, 0.3) is 0 Å². The minimum Gasteiger partial charge on any atom is -0.379 e. The molecule has 0 unspecified atom stereocenters. The van der Waals surface area contributed by atoms with Gasteiger partial charge in [0.2, 0.25) is 0 Å². The van der Waals surface area contributed by atoms with Crippen molar-refractivity contribution in [3.05, 3.63) is 71.6 Å². The monoisotopic (exact) mass is 306 g/mol. The second-order valence-electron chi connectivity index (χ2n) is 7.08.